The minimum absolute atomic E-state index is 0.0465. The van der Waals surface area contributed by atoms with Gasteiger partial charge in [-0.05, 0) is 13.0 Å². The molecule has 0 amide bonds. The van der Waals surface area contributed by atoms with Crippen LogP contribution in [0.3, 0.4) is 0 Å². The molecule has 0 aromatic heterocycles. The Kier molecular flexibility index (Phi) is 26.9. The quantitative estimate of drug-likeness (QED) is 0.0778. The van der Waals surface area contributed by atoms with Crippen molar-refractivity contribution >= 4 is 17.7 Å². The van der Waals surface area contributed by atoms with Crippen LogP contribution in [0.4, 0.5) is 0 Å². The number of aliphatic carboxylic acids is 2. The van der Waals surface area contributed by atoms with E-state index in [1.165, 1.54) is 89.9 Å². The molecule has 0 radical (unpaired) electrons. The molecule has 0 aliphatic carbocycles. The van der Waals surface area contributed by atoms with E-state index in [9.17, 15) is 20.1 Å². The van der Waals surface area contributed by atoms with Crippen molar-refractivity contribution in [2.75, 3.05) is 19.7 Å². The van der Waals surface area contributed by atoms with Gasteiger partial charge in [-0.3, -0.25) is 4.79 Å². The van der Waals surface area contributed by atoms with Gasteiger partial charge in [0, 0.05) is 0 Å². The Morgan fingerprint density at radius 1 is 0.639 bits per heavy atom. The topological polar surface area (TPSA) is 185 Å². The summed E-state index contributed by atoms with van der Waals surface area (Å²) < 4.78 is 0. The zero-order valence-corrected chi connectivity index (χ0v) is 22.1. The van der Waals surface area contributed by atoms with E-state index >= 15 is 0 Å². The fourth-order valence-electron chi connectivity index (χ4n) is 3.62. The molecule has 3 atom stereocenters. The third-order valence-electron chi connectivity index (χ3n) is 5.92. The first-order valence-corrected chi connectivity index (χ1v) is 13.5. The third-order valence-corrected chi connectivity index (χ3v) is 5.92. The Balaban J connectivity index is 0. The Bertz CT molecular complexity index is 534. The summed E-state index contributed by atoms with van der Waals surface area (Å²) >= 11 is 0. The van der Waals surface area contributed by atoms with Crippen molar-refractivity contribution < 1.29 is 45.0 Å². The lowest BCUT2D eigenvalue weighted by atomic mass is 10.0. The Morgan fingerprint density at radius 3 is 1.33 bits per heavy atom. The number of hydrogen-bond donors (Lipinski definition) is 7. The molecule has 214 valence electrons. The molecular weight excluding hydrogens is 470 g/mol. The molecule has 0 aliphatic rings. The van der Waals surface area contributed by atoms with Crippen molar-refractivity contribution in [1.29, 1.82) is 0 Å². The number of carbonyl (C=O) groups is 3. The maximum Gasteiger partial charge on any atom is 0.414 e. The number of Topliss-reactive ketones (excluding diaryl/α,β-unsaturated/α-hetero) is 1. The molecule has 0 heterocycles. The standard InChI is InChI=1S/C24H49NO5.C2H2O4/c1-2-3-4-5-6-7-8-9-10-11-12-13-14-15-16-17-18-25-19-21(27)23(29)24(30)22(28)20-26;3-1(4)2(5)6/h22-26,28-30H,2-20H2,1H3;(H,3,4)(H,5,6)/t22-,23-,24+;/m1./s1. The first-order chi connectivity index (χ1) is 17.2. The van der Waals surface area contributed by atoms with E-state index in [0.717, 1.165) is 12.8 Å². The van der Waals surface area contributed by atoms with Gasteiger partial charge in [0.2, 0.25) is 0 Å². The Morgan fingerprint density at radius 2 is 1.00 bits per heavy atom. The van der Waals surface area contributed by atoms with Gasteiger partial charge in [0.1, 0.15) is 18.3 Å². The summed E-state index contributed by atoms with van der Waals surface area (Å²) in [7, 11) is 0. The van der Waals surface area contributed by atoms with Gasteiger partial charge in [0.05, 0.1) is 13.2 Å². The molecule has 10 nitrogen and oxygen atoms in total. The fourth-order valence-corrected chi connectivity index (χ4v) is 3.62. The van der Waals surface area contributed by atoms with Gasteiger partial charge in [-0.15, -0.1) is 0 Å². The van der Waals surface area contributed by atoms with Gasteiger partial charge in [-0.1, -0.05) is 103 Å². The molecule has 0 unspecified atom stereocenters. The van der Waals surface area contributed by atoms with Crippen LogP contribution >= 0.6 is 0 Å². The largest absolute Gasteiger partial charge is 0.473 e. The molecule has 0 saturated heterocycles. The molecule has 0 aliphatic heterocycles. The van der Waals surface area contributed by atoms with E-state index in [-0.39, 0.29) is 6.54 Å². The second-order valence-corrected chi connectivity index (χ2v) is 9.24. The zero-order chi connectivity index (χ0) is 27.6. The summed E-state index contributed by atoms with van der Waals surface area (Å²) in [5.74, 6) is -4.23. The number of aliphatic hydroxyl groups excluding tert-OH is 4. The first kappa shape index (κ1) is 36.6. The number of carbonyl (C=O) groups excluding carboxylic acids is 1. The van der Waals surface area contributed by atoms with Crippen LogP contribution in [0.2, 0.25) is 0 Å². The van der Waals surface area contributed by atoms with Crippen LogP contribution in [-0.4, -0.2) is 86.4 Å². The number of carboxylic acid groups (broad SMARTS) is 2. The zero-order valence-electron chi connectivity index (χ0n) is 22.1. The molecule has 0 aromatic carbocycles. The molecule has 7 N–H and O–H groups in total. The smallest absolute Gasteiger partial charge is 0.414 e. The number of ketones is 1. The summed E-state index contributed by atoms with van der Waals surface area (Å²) in [6.07, 6.45) is 16.3. The van der Waals surface area contributed by atoms with Crippen LogP contribution in [0.25, 0.3) is 0 Å². The van der Waals surface area contributed by atoms with Gasteiger partial charge in [0.25, 0.3) is 0 Å². The molecule has 10 heteroatoms. The highest BCUT2D eigenvalue weighted by Crippen LogP contribution is 2.13. The van der Waals surface area contributed by atoms with Gasteiger partial charge in [0.15, 0.2) is 5.78 Å². The molecular formula is C26H51NO9. The lowest BCUT2D eigenvalue weighted by Crippen LogP contribution is -2.46. The van der Waals surface area contributed by atoms with E-state index in [0.29, 0.717) is 6.54 Å². The number of unbranched alkanes of at least 4 members (excludes halogenated alkanes) is 15. The maximum atomic E-state index is 11.7. The average molecular weight is 522 g/mol. The van der Waals surface area contributed by atoms with Gasteiger partial charge >= 0.3 is 11.9 Å². The molecule has 0 spiro atoms. The van der Waals surface area contributed by atoms with E-state index < -0.39 is 42.6 Å². The average Bonchev–Trinajstić information content (AvgIpc) is 2.86. The normalized spacial score (nSPS) is 13.4. The van der Waals surface area contributed by atoms with Crippen LogP contribution in [0.15, 0.2) is 0 Å². The van der Waals surface area contributed by atoms with Gasteiger partial charge in [-0.2, -0.15) is 0 Å². The molecule has 0 aromatic rings. The van der Waals surface area contributed by atoms with Crippen LogP contribution in [0, 0.1) is 0 Å². The SMILES string of the molecule is CCCCCCCCCCCCCCCCCCNCC(=O)[C@@H](O)[C@@H](O)[C@H](O)CO.O=C(O)C(=O)O. The van der Waals surface area contributed by atoms with Crippen LogP contribution < -0.4 is 5.32 Å². The second-order valence-electron chi connectivity index (χ2n) is 9.24. The van der Waals surface area contributed by atoms with E-state index in [1.54, 1.807) is 0 Å². The summed E-state index contributed by atoms with van der Waals surface area (Å²) in [6, 6.07) is 0. The Labute approximate surface area is 216 Å². The predicted octanol–water partition coefficient (Wildman–Crippen LogP) is 2.64. The van der Waals surface area contributed by atoms with Crippen molar-refractivity contribution in [2.24, 2.45) is 0 Å². The number of aliphatic hydroxyl groups is 4. The minimum Gasteiger partial charge on any atom is -0.473 e. The van der Waals surface area contributed by atoms with Gasteiger partial charge < -0.3 is 36.0 Å². The van der Waals surface area contributed by atoms with Crippen molar-refractivity contribution in [3.63, 3.8) is 0 Å². The molecule has 0 saturated carbocycles. The Hall–Kier alpha value is -1.59. The maximum absolute atomic E-state index is 11.7. The van der Waals surface area contributed by atoms with E-state index in [4.69, 9.17) is 24.9 Å². The number of rotatable bonds is 23. The van der Waals surface area contributed by atoms with Crippen molar-refractivity contribution in [3.05, 3.63) is 0 Å². The second kappa shape index (κ2) is 26.5. The number of carboxylic acids is 2. The monoisotopic (exact) mass is 521 g/mol. The summed E-state index contributed by atoms with van der Waals surface area (Å²) in [5, 5.41) is 54.8. The van der Waals surface area contributed by atoms with E-state index in [1.807, 2.05) is 0 Å². The highest BCUT2D eigenvalue weighted by atomic mass is 16.4. The highest BCUT2D eigenvalue weighted by molar-refractivity contribution is 6.27. The molecule has 36 heavy (non-hydrogen) atoms. The lowest BCUT2D eigenvalue weighted by Gasteiger charge is -2.20. The molecule has 0 bridgehead atoms. The van der Waals surface area contributed by atoms with Crippen molar-refractivity contribution in [3.8, 4) is 0 Å². The first-order valence-electron chi connectivity index (χ1n) is 13.5. The summed E-state index contributed by atoms with van der Waals surface area (Å²) in [4.78, 5) is 29.9. The summed E-state index contributed by atoms with van der Waals surface area (Å²) in [6.45, 7) is 2.21. The van der Waals surface area contributed by atoms with Crippen LogP contribution in [0.1, 0.15) is 110 Å². The van der Waals surface area contributed by atoms with Crippen LogP contribution in [-0.2, 0) is 14.4 Å². The van der Waals surface area contributed by atoms with Crippen molar-refractivity contribution in [2.45, 2.75) is 128 Å². The summed E-state index contributed by atoms with van der Waals surface area (Å²) in [5.41, 5.74) is 0. The third kappa shape index (κ3) is 24.1. The molecule has 0 fully saturated rings. The van der Waals surface area contributed by atoms with Crippen LogP contribution in [0.5, 0.6) is 0 Å². The molecule has 0 rings (SSSR count). The van der Waals surface area contributed by atoms with Crippen molar-refractivity contribution in [1.82, 2.24) is 5.32 Å². The number of hydrogen-bond acceptors (Lipinski definition) is 8. The van der Waals surface area contributed by atoms with Gasteiger partial charge in [-0.25, -0.2) is 9.59 Å². The fraction of sp³-hybridized carbons (Fsp3) is 0.885. The highest BCUT2D eigenvalue weighted by Gasteiger charge is 2.29. The van der Waals surface area contributed by atoms with E-state index in [2.05, 4.69) is 12.2 Å². The minimum atomic E-state index is -1.82. The lowest BCUT2D eigenvalue weighted by molar-refractivity contribution is -0.159. The predicted molar refractivity (Wildman–Crippen MR) is 138 cm³/mol. The number of nitrogens with one attached hydrogen (secondary N) is 1.